The van der Waals surface area contributed by atoms with Crippen molar-refractivity contribution in [3.05, 3.63) is 47.7 Å². The van der Waals surface area contributed by atoms with Crippen LogP contribution in [0.2, 0.25) is 5.02 Å². The van der Waals surface area contributed by atoms with Crippen molar-refractivity contribution in [2.75, 3.05) is 22.8 Å². The second kappa shape index (κ2) is 6.64. The lowest BCUT2D eigenvalue weighted by atomic mass is 10.3. The molecule has 8 heteroatoms. The molecular weight excluding hydrogens is 314 g/mol. The molecule has 0 bridgehead atoms. The molecule has 1 heterocycles. The van der Waals surface area contributed by atoms with E-state index >= 15 is 0 Å². The van der Waals surface area contributed by atoms with Crippen LogP contribution in [0.3, 0.4) is 0 Å². The van der Waals surface area contributed by atoms with Gasteiger partial charge in [-0.1, -0.05) is 17.7 Å². The van der Waals surface area contributed by atoms with Crippen molar-refractivity contribution in [2.24, 2.45) is 0 Å². The highest BCUT2D eigenvalue weighted by Crippen LogP contribution is 2.20. The molecule has 112 valence electrons. The van der Waals surface area contributed by atoms with Gasteiger partial charge < -0.3 is 10.5 Å². The highest BCUT2D eigenvalue weighted by molar-refractivity contribution is 7.92. The van der Waals surface area contributed by atoms with Gasteiger partial charge in [0.1, 0.15) is 18.1 Å². The predicted octanol–water partition coefficient (Wildman–Crippen LogP) is 2.14. The Hall–Kier alpha value is -1.99. The zero-order chi connectivity index (χ0) is 15.3. The number of nitrogen functional groups attached to an aromatic ring is 1. The number of nitrogens with one attached hydrogen (secondary N) is 1. The molecule has 3 N–H and O–H groups in total. The normalized spacial score (nSPS) is 11.1. The van der Waals surface area contributed by atoms with Crippen molar-refractivity contribution in [1.29, 1.82) is 0 Å². The topological polar surface area (TPSA) is 94.3 Å². The first-order chi connectivity index (χ1) is 9.96. The molecule has 0 aliphatic rings. The summed E-state index contributed by atoms with van der Waals surface area (Å²) in [4.78, 5) is 3.81. The minimum Gasteiger partial charge on any atom is -0.492 e. The summed E-state index contributed by atoms with van der Waals surface area (Å²) >= 11 is 5.87. The zero-order valence-corrected chi connectivity index (χ0v) is 12.6. The maximum Gasteiger partial charge on any atom is 0.236 e. The number of benzene rings is 1. The Bertz CT molecular complexity index is 722. The number of aromatic nitrogens is 1. The number of ether oxygens (including phenoxy) is 1. The highest BCUT2D eigenvalue weighted by Gasteiger charge is 2.13. The summed E-state index contributed by atoms with van der Waals surface area (Å²) in [6.07, 6.45) is 2.82. The SMILES string of the molecule is Nc1cccc(OCCS(=O)(=O)Nc2cnccc2Cl)c1. The molecule has 21 heavy (non-hydrogen) atoms. The first-order valence-electron chi connectivity index (χ1n) is 6.05. The molecule has 0 saturated heterocycles. The Balaban J connectivity index is 1.91. The van der Waals surface area contributed by atoms with Crippen LogP contribution in [0.4, 0.5) is 11.4 Å². The molecule has 0 unspecified atom stereocenters. The number of hydrogen-bond acceptors (Lipinski definition) is 5. The lowest BCUT2D eigenvalue weighted by Crippen LogP contribution is -2.21. The summed E-state index contributed by atoms with van der Waals surface area (Å²) in [5.74, 6) is 0.303. The first kappa shape index (κ1) is 15.4. The van der Waals surface area contributed by atoms with E-state index in [-0.39, 0.29) is 23.1 Å². The van der Waals surface area contributed by atoms with Gasteiger partial charge in [-0.05, 0) is 18.2 Å². The van der Waals surface area contributed by atoms with Crippen LogP contribution < -0.4 is 15.2 Å². The monoisotopic (exact) mass is 327 g/mol. The Morgan fingerprint density at radius 3 is 2.86 bits per heavy atom. The van der Waals surface area contributed by atoms with Crippen LogP contribution in [0.5, 0.6) is 5.75 Å². The van der Waals surface area contributed by atoms with Gasteiger partial charge in [-0.25, -0.2) is 8.42 Å². The third kappa shape index (κ3) is 4.80. The molecule has 0 spiro atoms. The molecule has 2 aromatic rings. The van der Waals surface area contributed by atoms with Crippen molar-refractivity contribution >= 4 is 33.0 Å². The molecule has 0 saturated carbocycles. The molecule has 2 rings (SSSR count). The van der Waals surface area contributed by atoms with E-state index in [1.165, 1.54) is 18.5 Å². The summed E-state index contributed by atoms with van der Waals surface area (Å²) < 4.78 is 31.5. The van der Waals surface area contributed by atoms with Crippen molar-refractivity contribution in [3.8, 4) is 5.75 Å². The maximum absolute atomic E-state index is 11.9. The van der Waals surface area contributed by atoms with Crippen LogP contribution in [0.25, 0.3) is 0 Å². The van der Waals surface area contributed by atoms with E-state index in [4.69, 9.17) is 22.1 Å². The number of pyridine rings is 1. The summed E-state index contributed by atoms with van der Waals surface area (Å²) in [7, 11) is -3.57. The molecule has 0 aliphatic heterocycles. The lowest BCUT2D eigenvalue weighted by molar-refractivity contribution is 0.341. The summed E-state index contributed by atoms with van der Waals surface area (Å²) in [6.45, 7) is -0.00331. The fraction of sp³-hybridized carbons (Fsp3) is 0.154. The van der Waals surface area contributed by atoms with E-state index in [0.29, 0.717) is 11.4 Å². The van der Waals surface area contributed by atoms with Crippen LogP contribution >= 0.6 is 11.6 Å². The molecule has 1 aromatic heterocycles. The van der Waals surface area contributed by atoms with Crippen LogP contribution in [0.1, 0.15) is 0 Å². The standard InChI is InChI=1S/C13H14ClN3O3S/c14-12-4-5-16-9-13(12)17-21(18,19)7-6-20-11-3-1-2-10(15)8-11/h1-5,8-9,17H,6-7,15H2. The molecule has 0 atom stereocenters. The van der Waals surface area contributed by atoms with E-state index in [9.17, 15) is 8.42 Å². The van der Waals surface area contributed by atoms with E-state index in [0.717, 1.165) is 0 Å². The van der Waals surface area contributed by atoms with E-state index in [2.05, 4.69) is 9.71 Å². The fourth-order valence-electron chi connectivity index (χ4n) is 1.54. The Kier molecular flexibility index (Phi) is 4.87. The molecule has 0 fully saturated rings. The second-order valence-corrected chi connectivity index (χ2v) is 6.45. The number of halogens is 1. The average molecular weight is 328 g/mol. The molecule has 6 nitrogen and oxygen atoms in total. The zero-order valence-electron chi connectivity index (χ0n) is 11.0. The van der Waals surface area contributed by atoms with Crippen molar-refractivity contribution in [1.82, 2.24) is 4.98 Å². The number of anilines is 2. The third-order valence-corrected chi connectivity index (χ3v) is 4.08. The molecule has 0 radical (unpaired) electrons. The van der Waals surface area contributed by atoms with Gasteiger partial charge in [-0.2, -0.15) is 0 Å². The van der Waals surface area contributed by atoms with E-state index < -0.39 is 10.0 Å². The summed E-state index contributed by atoms with van der Waals surface area (Å²) in [5, 5.41) is 0.283. The number of nitrogens with two attached hydrogens (primary N) is 1. The Morgan fingerprint density at radius 1 is 1.33 bits per heavy atom. The Morgan fingerprint density at radius 2 is 2.14 bits per heavy atom. The van der Waals surface area contributed by atoms with Gasteiger partial charge in [-0.15, -0.1) is 0 Å². The maximum atomic E-state index is 11.9. The highest BCUT2D eigenvalue weighted by atomic mass is 35.5. The lowest BCUT2D eigenvalue weighted by Gasteiger charge is -2.10. The number of rotatable bonds is 6. The molecule has 0 aliphatic carbocycles. The second-order valence-electron chi connectivity index (χ2n) is 4.20. The van der Waals surface area contributed by atoms with E-state index in [1.54, 1.807) is 24.3 Å². The van der Waals surface area contributed by atoms with Crippen LogP contribution in [0.15, 0.2) is 42.7 Å². The number of nitrogens with zero attached hydrogens (tertiary/aromatic N) is 1. The van der Waals surface area contributed by atoms with Crippen molar-refractivity contribution < 1.29 is 13.2 Å². The minimum absolute atomic E-state index is 0.00331. The largest absolute Gasteiger partial charge is 0.492 e. The van der Waals surface area contributed by atoms with Gasteiger partial charge in [0.25, 0.3) is 0 Å². The van der Waals surface area contributed by atoms with Gasteiger partial charge >= 0.3 is 0 Å². The summed E-state index contributed by atoms with van der Waals surface area (Å²) in [6, 6.07) is 8.28. The summed E-state index contributed by atoms with van der Waals surface area (Å²) in [5.41, 5.74) is 6.39. The van der Waals surface area contributed by atoms with Gasteiger partial charge in [0, 0.05) is 18.0 Å². The predicted molar refractivity (Wildman–Crippen MR) is 83.0 cm³/mol. The minimum atomic E-state index is -3.57. The van der Waals surface area contributed by atoms with Gasteiger partial charge in [0.15, 0.2) is 0 Å². The van der Waals surface area contributed by atoms with E-state index in [1.807, 2.05) is 0 Å². The van der Waals surface area contributed by atoms with Crippen LogP contribution in [0, 0.1) is 0 Å². The fourth-order valence-corrected chi connectivity index (χ4v) is 2.66. The van der Waals surface area contributed by atoms with Crippen molar-refractivity contribution in [3.63, 3.8) is 0 Å². The average Bonchev–Trinajstić information content (AvgIpc) is 2.41. The first-order valence-corrected chi connectivity index (χ1v) is 8.08. The van der Waals surface area contributed by atoms with Gasteiger partial charge in [-0.3, -0.25) is 9.71 Å². The molecule has 1 aromatic carbocycles. The van der Waals surface area contributed by atoms with Crippen molar-refractivity contribution in [2.45, 2.75) is 0 Å². The molecule has 0 amide bonds. The number of hydrogen-bond donors (Lipinski definition) is 2. The quantitative estimate of drug-likeness (QED) is 0.793. The van der Waals surface area contributed by atoms with Gasteiger partial charge in [0.05, 0.1) is 16.9 Å². The van der Waals surface area contributed by atoms with Crippen LogP contribution in [-0.2, 0) is 10.0 Å². The smallest absolute Gasteiger partial charge is 0.236 e. The number of sulfonamides is 1. The van der Waals surface area contributed by atoms with Crippen LogP contribution in [-0.4, -0.2) is 25.8 Å². The third-order valence-electron chi connectivity index (χ3n) is 2.51. The molecular formula is C13H14ClN3O3S. The Labute approximate surface area is 128 Å². The van der Waals surface area contributed by atoms with Gasteiger partial charge in [0.2, 0.25) is 10.0 Å².